The van der Waals surface area contributed by atoms with Crippen LogP contribution in [-0.4, -0.2) is 42.2 Å². The third-order valence-corrected chi connectivity index (χ3v) is 3.54. The van der Waals surface area contributed by atoms with E-state index < -0.39 is 6.10 Å². The summed E-state index contributed by atoms with van der Waals surface area (Å²) in [5, 5.41) is 9.81. The number of benzene rings is 1. The monoisotopic (exact) mass is 249 g/mol. The molecule has 98 valence electrons. The second-order valence-electron chi connectivity index (χ2n) is 4.81. The predicted octanol–water partition coefficient (Wildman–Crippen LogP) is 1.54. The molecule has 2 unspecified atom stereocenters. The standard InChI is InChI=1S/C14H19NO3/c1-10-7-8-15(9-13(10)16)14(17)11-3-5-12(18-2)6-4-11/h3-6,10,13,16H,7-9H2,1-2H3. The normalized spacial score (nSPS) is 23.8. The first-order valence-electron chi connectivity index (χ1n) is 6.23. The van der Waals surface area contributed by atoms with Crippen molar-refractivity contribution in [2.45, 2.75) is 19.4 Å². The highest BCUT2D eigenvalue weighted by molar-refractivity contribution is 5.94. The quantitative estimate of drug-likeness (QED) is 0.865. The Bertz CT molecular complexity index is 416. The zero-order valence-corrected chi connectivity index (χ0v) is 10.8. The Morgan fingerprint density at radius 1 is 1.39 bits per heavy atom. The van der Waals surface area contributed by atoms with Crippen molar-refractivity contribution in [3.05, 3.63) is 29.8 Å². The molecule has 18 heavy (non-hydrogen) atoms. The maximum absolute atomic E-state index is 12.2. The molecule has 1 N–H and O–H groups in total. The Kier molecular flexibility index (Phi) is 3.87. The van der Waals surface area contributed by atoms with Gasteiger partial charge in [-0.2, -0.15) is 0 Å². The molecular weight excluding hydrogens is 230 g/mol. The summed E-state index contributed by atoms with van der Waals surface area (Å²) in [6.45, 7) is 3.15. The largest absolute Gasteiger partial charge is 0.497 e. The first-order valence-corrected chi connectivity index (χ1v) is 6.23. The fourth-order valence-electron chi connectivity index (χ4n) is 2.15. The van der Waals surface area contributed by atoms with Gasteiger partial charge in [-0.3, -0.25) is 4.79 Å². The van der Waals surface area contributed by atoms with Gasteiger partial charge in [-0.1, -0.05) is 6.92 Å². The van der Waals surface area contributed by atoms with Gasteiger partial charge in [0.2, 0.25) is 0 Å². The van der Waals surface area contributed by atoms with E-state index in [4.69, 9.17) is 4.74 Å². The summed E-state index contributed by atoms with van der Waals surface area (Å²) >= 11 is 0. The summed E-state index contributed by atoms with van der Waals surface area (Å²) in [4.78, 5) is 13.9. The van der Waals surface area contributed by atoms with Gasteiger partial charge in [-0.25, -0.2) is 0 Å². The van der Waals surface area contributed by atoms with E-state index in [1.807, 2.05) is 6.92 Å². The van der Waals surface area contributed by atoms with Gasteiger partial charge in [-0.15, -0.1) is 0 Å². The number of β-amino-alcohol motifs (C(OH)–C–C–N with tert-alkyl or cyclic N) is 1. The van der Waals surface area contributed by atoms with Gasteiger partial charge in [0.1, 0.15) is 5.75 Å². The molecule has 0 bridgehead atoms. The van der Waals surface area contributed by atoms with Gasteiger partial charge < -0.3 is 14.7 Å². The molecular formula is C14H19NO3. The van der Waals surface area contributed by atoms with Crippen molar-refractivity contribution in [3.63, 3.8) is 0 Å². The fraction of sp³-hybridized carbons (Fsp3) is 0.500. The summed E-state index contributed by atoms with van der Waals surface area (Å²) < 4.78 is 5.06. The Hall–Kier alpha value is -1.55. The van der Waals surface area contributed by atoms with Crippen molar-refractivity contribution >= 4 is 5.91 Å². The number of rotatable bonds is 2. The second kappa shape index (κ2) is 5.40. The maximum atomic E-state index is 12.2. The Labute approximate surface area is 107 Å². The van der Waals surface area contributed by atoms with Crippen LogP contribution in [0.15, 0.2) is 24.3 Å². The first-order chi connectivity index (χ1) is 8.61. The van der Waals surface area contributed by atoms with Crippen LogP contribution in [0.25, 0.3) is 0 Å². The zero-order chi connectivity index (χ0) is 13.1. The van der Waals surface area contributed by atoms with E-state index in [0.717, 1.165) is 12.2 Å². The van der Waals surface area contributed by atoms with E-state index in [0.29, 0.717) is 18.7 Å². The molecule has 1 aromatic carbocycles. The van der Waals surface area contributed by atoms with Gasteiger partial charge in [0.25, 0.3) is 5.91 Å². The molecule has 0 saturated carbocycles. The molecule has 1 heterocycles. The number of carbonyl (C=O) groups is 1. The number of piperidine rings is 1. The van der Waals surface area contributed by atoms with Crippen molar-refractivity contribution < 1.29 is 14.6 Å². The van der Waals surface area contributed by atoms with E-state index in [-0.39, 0.29) is 11.8 Å². The first kappa shape index (κ1) is 12.9. The number of aliphatic hydroxyl groups excluding tert-OH is 1. The van der Waals surface area contributed by atoms with Crippen molar-refractivity contribution in [3.8, 4) is 5.75 Å². The lowest BCUT2D eigenvalue weighted by Crippen LogP contribution is -2.45. The molecule has 1 aromatic rings. The Morgan fingerprint density at radius 3 is 2.61 bits per heavy atom. The molecule has 1 amide bonds. The second-order valence-corrected chi connectivity index (χ2v) is 4.81. The van der Waals surface area contributed by atoms with Crippen LogP contribution in [0, 0.1) is 5.92 Å². The molecule has 0 aromatic heterocycles. The van der Waals surface area contributed by atoms with Gasteiger partial charge in [0.05, 0.1) is 13.2 Å². The third-order valence-electron chi connectivity index (χ3n) is 3.54. The smallest absolute Gasteiger partial charge is 0.253 e. The molecule has 1 fully saturated rings. The zero-order valence-electron chi connectivity index (χ0n) is 10.8. The molecule has 2 rings (SSSR count). The minimum absolute atomic E-state index is 0.0244. The number of hydrogen-bond acceptors (Lipinski definition) is 3. The van der Waals surface area contributed by atoms with E-state index in [2.05, 4.69) is 0 Å². The topological polar surface area (TPSA) is 49.8 Å². The van der Waals surface area contributed by atoms with E-state index in [1.165, 1.54) is 0 Å². The molecule has 0 aliphatic carbocycles. The molecule has 0 spiro atoms. The van der Waals surface area contributed by atoms with Crippen LogP contribution in [0.3, 0.4) is 0 Å². The number of methoxy groups -OCH3 is 1. The van der Waals surface area contributed by atoms with Gasteiger partial charge in [-0.05, 0) is 36.6 Å². The lowest BCUT2D eigenvalue weighted by atomic mass is 9.95. The van der Waals surface area contributed by atoms with Crippen LogP contribution in [0.2, 0.25) is 0 Å². The number of hydrogen-bond donors (Lipinski definition) is 1. The number of carbonyl (C=O) groups excluding carboxylic acids is 1. The predicted molar refractivity (Wildman–Crippen MR) is 68.7 cm³/mol. The van der Waals surface area contributed by atoms with Crippen LogP contribution in [-0.2, 0) is 0 Å². The summed E-state index contributed by atoms with van der Waals surface area (Å²) in [5.74, 6) is 0.979. The molecule has 1 aliphatic rings. The van der Waals surface area contributed by atoms with Crippen LogP contribution >= 0.6 is 0 Å². The number of nitrogens with zero attached hydrogens (tertiary/aromatic N) is 1. The highest BCUT2D eigenvalue weighted by Gasteiger charge is 2.27. The minimum atomic E-state index is -0.416. The average Bonchev–Trinajstić information content (AvgIpc) is 2.41. The number of likely N-dealkylation sites (tertiary alicyclic amines) is 1. The summed E-state index contributed by atoms with van der Waals surface area (Å²) in [6, 6.07) is 7.06. The van der Waals surface area contributed by atoms with Crippen molar-refractivity contribution in [2.75, 3.05) is 20.2 Å². The molecule has 1 saturated heterocycles. The van der Waals surface area contributed by atoms with Crippen molar-refractivity contribution in [1.82, 2.24) is 4.90 Å². The molecule has 1 aliphatic heterocycles. The van der Waals surface area contributed by atoms with Crippen molar-refractivity contribution in [2.24, 2.45) is 5.92 Å². The average molecular weight is 249 g/mol. The van der Waals surface area contributed by atoms with Gasteiger partial charge in [0, 0.05) is 18.7 Å². The minimum Gasteiger partial charge on any atom is -0.497 e. The van der Waals surface area contributed by atoms with Crippen LogP contribution in [0.1, 0.15) is 23.7 Å². The summed E-state index contributed by atoms with van der Waals surface area (Å²) in [7, 11) is 1.60. The SMILES string of the molecule is COc1ccc(C(=O)N2CCC(C)C(O)C2)cc1. The fourth-order valence-corrected chi connectivity index (χ4v) is 2.15. The lowest BCUT2D eigenvalue weighted by molar-refractivity contribution is 0.0248. The molecule has 4 heteroatoms. The highest BCUT2D eigenvalue weighted by Crippen LogP contribution is 2.20. The van der Waals surface area contributed by atoms with E-state index in [9.17, 15) is 9.90 Å². The molecule has 0 radical (unpaired) electrons. The van der Waals surface area contributed by atoms with Gasteiger partial charge >= 0.3 is 0 Å². The third kappa shape index (κ3) is 2.64. The summed E-state index contributed by atoms with van der Waals surface area (Å²) in [5.41, 5.74) is 0.637. The molecule has 2 atom stereocenters. The van der Waals surface area contributed by atoms with E-state index >= 15 is 0 Å². The maximum Gasteiger partial charge on any atom is 0.253 e. The number of ether oxygens (including phenoxy) is 1. The number of aliphatic hydroxyl groups is 1. The highest BCUT2D eigenvalue weighted by atomic mass is 16.5. The van der Waals surface area contributed by atoms with Crippen molar-refractivity contribution in [1.29, 1.82) is 0 Å². The molecule has 4 nitrogen and oxygen atoms in total. The number of amides is 1. The van der Waals surface area contributed by atoms with Crippen LogP contribution in [0.4, 0.5) is 0 Å². The van der Waals surface area contributed by atoms with Gasteiger partial charge in [0.15, 0.2) is 0 Å². The van der Waals surface area contributed by atoms with Crippen LogP contribution < -0.4 is 4.74 Å². The Morgan fingerprint density at radius 2 is 2.06 bits per heavy atom. The van der Waals surface area contributed by atoms with Crippen LogP contribution in [0.5, 0.6) is 5.75 Å². The lowest BCUT2D eigenvalue weighted by Gasteiger charge is -2.34. The van der Waals surface area contributed by atoms with E-state index in [1.54, 1.807) is 36.3 Å². The summed E-state index contributed by atoms with van der Waals surface area (Å²) in [6.07, 6.45) is 0.434. The Balaban J connectivity index is 2.06.